The SMILES string of the molecule is CCOc1ccc(NC(=O)c2sc(NC(=O)c3ccc4c(c3)OCO4)c(C(=O)OC)c2C)cc1. The van der Waals surface area contributed by atoms with E-state index in [0.717, 1.165) is 11.3 Å². The maximum absolute atomic E-state index is 13.0. The Bertz CT molecular complexity index is 1250. The zero-order valence-corrected chi connectivity index (χ0v) is 19.5. The van der Waals surface area contributed by atoms with Crippen LogP contribution in [0.25, 0.3) is 0 Å². The monoisotopic (exact) mass is 482 g/mol. The first-order valence-corrected chi connectivity index (χ1v) is 11.2. The molecule has 0 radical (unpaired) electrons. The molecular formula is C24H22N2O7S. The van der Waals surface area contributed by atoms with Crippen LogP contribution in [0.15, 0.2) is 42.5 Å². The average molecular weight is 483 g/mol. The van der Waals surface area contributed by atoms with Crippen molar-refractivity contribution in [1.29, 1.82) is 0 Å². The van der Waals surface area contributed by atoms with Crippen LogP contribution in [0, 0.1) is 6.92 Å². The third-order valence-electron chi connectivity index (χ3n) is 5.03. The summed E-state index contributed by atoms with van der Waals surface area (Å²) in [5.41, 5.74) is 1.40. The van der Waals surface area contributed by atoms with E-state index in [-0.39, 0.29) is 22.2 Å². The summed E-state index contributed by atoms with van der Waals surface area (Å²) in [4.78, 5) is 38.6. The third-order valence-corrected chi connectivity index (χ3v) is 6.23. The predicted molar refractivity (Wildman–Crippen MR) is 126 cm³/mol. The average Bonchev–Trinajstić information content (AvgIpc) is 3.43. The van der Waals surface area contributed by atoms with Crippen molar-refractivity contribution in [2.24, 2.45) is 0 Å². The van der Waals surface area contributed by atoms with Crippen LogP contribution < -0.4 is 24.8 Å². The number of amides is 2. The van der Waals surface area contributed by atoms with Gasteiger partial charge in [0.15, 0.2) is 11.5 Å². The fourth-order valence-electron chi connectivity index (χ4n) is 3.37. The molecule has 0 saturated heterocycles. The minimum absolute atomic E-state index is 0.0871. The number of carbonyl (C=O) groups is 3. The van der Waals surface area contributed by atoms with Gasteiger partial charge in [-0.25, -0.2) is 4.79 Å². The van der Waals surface area contributed by atoms with E-state index in [0.29, 0.717) is 40.7 Å². The van der Waals surface area contributed by atoms with Crippen molar-refractivity contribution >= 4 is 39.8 Å². The van der Waals surface area contributed by atoms with Gasteiger partial charge in [0.05, 0.1) is 24.2 Å². The Labute approximate surface area is 199 Å². The van der Waals surface area contributed by atoms with Gasteiger partial charge in [0, 0.05) is 11.3 Å². The van der Waals surface area contributed by atoms with Crippen LogP contribution in [0.2, 0.25) is 0 Å². The largest absolute Gasteiger partial charge is 0.494 e. The van der Waals surface area contributed by atoms with Crippen LogP contribution in [0.4, 0.5) is 10.7 Å². The maximum atomic E-state index is 13.0. The van der Waals surface area contributed by atoms with Crippen molar-refractivity contribution in [2.45, 2.75) is 13.8 Å². The number of methoxy groups -OCH3 is 1. The minimum Gasteiger partial charge on any atom is -0.494 e. The van der Waals surface area contributed by atoms with Crippen LogP contribution in [0.1, 0.15) is 42.9 Å². The topological polar surface area (TPSA) is 112 Å². The first-order valence-electron chi connectivity index (χ1n) is 10.4. The number of rotatable bonds is 7. The number of nitrogens with one attached hydrogen (secondary N) is 2. The fraction of sp³-hybridized carbons (Fsp3) is 0.208. The molecule has 0 spiro atoms. The Hall–Kier alpha value is -4.05. The number of anilines is 2. The van der Waals surface area contributed by atoms with Gasteiger partial charge in [0.1, 0.15) is 10.8 Å². The summed E-state index contributed by atoms with van der Waals surface area (Å²) >= 11 is 0.991. The van der Waals surface area contributed by atoms with Crippen molar-refractivity contribution in [3.05, 3.63) is 64.0 Å². The fourth-order valence-corrected chi connectivity index (χ4v) is 4.45. The predicted octanol–water partition coefficient (Wildman–Crippen LogP) is 4.48. The van der Waals surface area contributed by atoms with E-state index in [2.05, 4.69) is 10.6 Å². The van der Waals surface area contributed by atoms with Crippen molar-refractivity contribution in [1.82, 2.24) is 0 Å². The standard InChI is InChI=1S/C24H22N2O7S/c1-4-31-16-8-6-15(7-9-16)25-22(28)20-13(2)19(24(29)30-3)23(34-20)26-21(27)14-5-10-17-18(11-14)33-12-32-17/h5-11H,4,12H2,1-3H3,(H,25,28)(H,26,27). The molecule has 0 unspecified atom stereocenters. The van der Waals surface area contributed by atoms with E-state index < -0.39 is 17.8 Å². The summed E-state index contributed by atoms with van der Waals surface area (Å²) in [6.45, 7) is 4.14. The van der Waals surface area contributed by atoms with Crippen LogP contribution in [-0.4, -0.2) is 38.3 Å². The maximum Gasteiger partial charge on any atom is 0.341 e. The molecule has 1 aliphatic rings. The number of carbonyl (C=O) groups excluding carboxylic acids is 3. The quantitative estimate of drug-likeness (QED) is 0.478. The normalized spacial score (nSPS) is 11.6. The molecule has 176 valence electrons. The summed E-state index contributed by atoms with van der Waals surface area (Å²) in [5.74, 6) is 0.151. The highest BCUT2D eigenvalue weighted by Crippen LogP contribution is 2.36. The first-order chi connectivity index (χ1) is 16.4. The Balaban J connectivity index is 1.58. The van der Waals surface area contributed by atoms with Gasteiger partial charge in [-0.05, 0) is 61.9 Å². The molecule has 2 heterocycles. The van der Waals surface area contributed by atoms with E-state index in [1.807, 2.05) is 6.92 Å². The summed E-state index contributed by atoms with van der Waals surface area (Å²) in [7, 11) is 1.24. The van der Waals surface area contributed by atoms with Gasteiger partial charge < -0.3 is 29.6 Å². The number of esters is 1. The summed E-state index contributed by atoms with van der Waals surface area (Å²) in [6.07, 6.45) is 0. The van der Waals surface area contributed by atoms with Crippen molar-refractivity contribution in [3.63, 3.8) is 0 Å². The molecule has 10 heteroatoms. The van der Waals surface area contributed by atoms with Crippen molar-refractivity contribution < 1.29 is 33.3 Å². The van der Waals surface area contributed by atoms with Crippen molar-refractivity contribution in [2.75, 3.05) is 31.1 Å². The van der Waals surface area contributed by atoms with E-state index >= 15 is 0 Å². The molecule has 2 amide bonds. The number of benzene rings is 2. The van der Waals surface area contributed by atoms with Gasteiger partial charge in [-0.2, -0.15) is 0 Å². The van der Waals surface area contributed by atoms with Gasteiger partial charge in [-0.3, -0.25) is 9.59 Å². The van der Waals surface area contributed by atoms with Crippen LogP contribution >= 0.6 is 11.3 Å². The third kappa shape index (κ3) is 4.67. The molecule has 0 saturated carbocycles. The van der Waals surface area contributed by atoms with Crippen molar-refractivity contribution in [3.8, 4) is 17.2 Å². The molecule has 0 fully saturated rings. The Kier molecular flexibility index (Phi) is 6.69. The molecular weight excluding hydrogens is 460 g/mol. The van der Waals surface area contributed by atoms with Gasteiger partial charge in [0.25, 0.3) is 11.8 Å². The van der Waals surface area contributed by atoms with Crippen LogP contribution in [0.5, 0.6) is 17.2 Å². The second kappa shape index (κ2) is 9.84. The highest BCUT2D eigenvalue weighted by molar-refractivity contribution is 7.19. The molecule has 9 nitrogen and oxygen atoms in total. The van der Waals surface area contributed by atoms with Gasteiger partial charge in [0.2, 0.25) is 6.79 Å². The number of fused-ring (bicyclic) bond motifs is 1. The van der Waals surface area contributed by atoms with Crippen LogP contribution in [0.3, 0.4) is 0 Å². The molecule has 3 aromatic rings. The lowest BCUT2D eigenvalue weighted by atomic mass is 10.1. The van der Waals surface area contributed by atoms with E-state index in [4.69, 9.17) is 18.9 Å². The molecule has 0 bridgehead atoms. The Morgan fingerprint density at radius 1 is 1.00 bits per heavy atom. The lowest BCUT2D eigenvalue weighted by molar-refractivity contribution is 0.0601. The van der Waals surface area contributed by atoms with E-state index in [9.17, 15) is 14.4 Å². The Morgan fingerprint density at radius 3 is 2.44 bits per heavy atom. The molecule has 1 aliphatic heterocycles. The molecule has 2 aromatic carbocycles. The summed E-state index contributed by atoms with van der Waals surface area (Å²) in [6, 6.07) is 11.7. The number of ether oxygens (including phenoxy) is 4. The molecule has 0 aliphatic carbocycles. The first kappa shape index (κ1) is 23.1. The second-order valence-electron chi connectivity index (χ2n) is 7.19. The second-order valence-corrected chi connectivity index (χ2v) is 8.21. The lowest BCUT2D eigenvalue weighted by Gasteiger charge is -2.07. The molecule has 0 atom stereocenters. The number of thiophene rings is 1. The smallest absolute Gasteiger partial charge is 0.341 e. The summed E-state index contributed by atoms with van der Waals surface area (Å²) < 4.78 is 20.9. The Morgan fingerprint density at radius 2 is 1.74 bits per heavy atom. The summed E-state index contributed by atoms with van der Waals surface area (Å²) in [5, 5.41) is 5.73. The van der Waals surface area contributed by atoms with Gasteiger partial charge in [-0.1, -0.05) is 0 Å². The highest BCUT2D eigenvalue weighted by atomic mass is 32.1. The van der Waals surface area contributed by atoms with Gasteiger partial charge >= 0.3 is 5.97 Å². The zero-order chi connectivity index (χ0) is 24.2. The number of hydrogen-bond acceptors (Lipinski definition) is 8. The van der Waals surface area contributed by atoms with E-state index in [1.54, 1.807) is 49.4 Å². The lowest BCUT2D eigenvalue weighted by Crippen LogP contribution is -2.14. The van der Waals surface area contributed by atoms with Crippen LogP contribution in [-0.2, 0) is 4.74 Å². The molecule has 2 N–H and O–H groups in total. The molecule has 34 heavy (non-hydrogen) atoms. The minimum atomic E-state index is -0.658. The van der Waals surface area contributed by atoms with E-state index in [1.165, 1.54) is 7.11 Å². The zero-order valence-electron chi connectivity index (χ0n) is 18.7. The molecule has 4 rings (SSSR count). The van der Waals surface area contributed by atoms with Gasteiger partial charge in [-0.15, -0.1) is 11.3 Å². The number of hydrogen-bond donors (Lipinski definition) is 2. The molecule has 1 aromatic heterocycles. The highest BCUT2D eigenvalue weighted by Gasteiger charge is 2.27.